The molecule has 8 N–H and O–H groups in total. The van der Waals surface area contributed by atoms with Gasteiger partial charge in [0.25, 0.3) is 5.91 Å². The number of aliphatic imine (C=N–C) groups is 1. The smallest absolute Gasteiger partial charge is 0.267 e. The Balaban J connectivity index is 0.000000311. The summed E-state index contributed by atoms with van der Waals surface area (Å²) >= 11 is 1.10. The van der Waals surface area contributed by atoms with Crippen LogP contribution in [0.25, 0.3) is 11.1 Å². The van der Waals surface area contributed by atoms with E-state index < -0.39 is 0 Å². The third-order valence-corrected chi connectivity index (χ3v) is 14.3. The van der Waals surface area contributed by atoms with E-state index in [1.54, 1.807) is 44.2 Å². The van der Waals surface area contributed by atoms with E-state index in [0.29, 0.717) is 143 Å². The number of hydrogen-bond acceptors (Lipinski definition) is 19. The van der Waals surface area contributed by atoms with Crippen molar-refractivity contribution in [3.63, 3.8) is 0 Å². The lowest BCUT2D eigenvalue weighted by Gasteiger charge is -2.18. The first-order valence-corrected chi connectivity index (χ1v) is 29.9. The van der Waals surface area contributed by atoms with Gasteiger partial charge in [0.2, 0.25) is 17.7 Å². The van der Waals surface area contributed by atoms with Crippen LogP contribution < -0.4 is 41.8 Å². The molecule has 0 spiro atoms. The van der Waals surface area contributed by atoms with Crippen LogP contribution in [0, 0.1) is 0 Å². The summed E-state index contributed by atoms with van der Waals surface area (Å²) in [5.74, 6) is 0.895. The van der Waals surface area contributed by atoms with Gasteiger partial charge >= 0.3 is 0 Å². The molecule has 87 heavy (non-hydrogen) atoms. The first kappa shape index (κ1) is 73.6. The molecule has 478 valence electrons. The molecule has 2 unspecified atom stereocenters. The molecular weight excluding hydrogens is 1140 g/mol. The van der Waals surface area contributed by atoms with E-state index in [1.807, 2.05) is 80.6 Å². The number of hydrogen-bond donors (Lipinski definition) is 7. The van der Waals surface area contributed by atoms with Gasteiger partial charge in [-0.25, -0.2) is 0 Å². The standard InChI is InChI=1S/C22H33N5O2.C15H25N3O5S.C14H18N2O2.C11H16N2O3/c1-17(25-12-5-11-23-2)29-14-6-13-26-22(28)21-15-19(16-27(21)4)18-7-9-20(24-3)10-8-18;1-12-13(24-16)11-15(21)18(12)5-3-14(20)17-4-8-23-10-9-22-7-2-6-19;1-16-7-3-4-12(16)9-15-14-6-5-13(18-2)8-11(14)10-17;1-13-7-9(6-10(13)8-14)12-11(15)4-3-5-16-2/h7-10,15-16,23-25H,1,5-6,11-14H2,2-4H3,(H,26,28);6,13H,1-5,7-11,16H2,(H,17,20);5-6,8-10,12H,3-4,7H2,1-2H3;6-8H,3-5H2,1-2H3,(H,12,15). The minimum atomic E-state index is -0.148. The van der Waals surface area contributed by atoms with Crippen molar-refractivity contribution in [1.29, 1.82) is 0 Å². The Kier molecular flexibility index (Phi) is 36.4. The molecule has 0 bridgehead atoms. The fourth-order valence-electron chi connectivity index (χ4n) is 8.54. The van der Waals surface area contributed by atoms with Crippen molar-refractivity contribution >= 4 is 77.7 Å². The number of methoxy groups -OCH3 is 2. The van der Waals surface area contributed by atoms with E-state index >= 15 is 0 Å². The number of nitrogens with two attached hydrogens (primary N) is 1. The average molecular weight is 1230 g/mol. The maximum Gasteiger partial charge on any atom is 0.267 e. The second-order valence-electron chi connectivity index (χ2n) is 20.0. The van der Waals surface area contributed by atoms with E-state index in [-0.39, 0.29) is 35.3 Å². The Labute approximate surface area is 516 Å². The fraction of sp³-hybridized carbons (Fsp3) is 0.484. The van der Waals surface area contributed by atoms with E-state index in [9.17, 15) is 33.6 Å². The number of aldehydes is 3. The first-order chi connectivity index (χ1) is 42.0. The van der Waals surface area contributed by atoms with Gasteiger partial charge in [-0.3, -0.25) is 43.8 Å². The van der Waals surface area contributed by atoms with E-state index in [0.717, 1.165) is 80.1 Å². The van der Waals surface area contributed by atoms with Crippen molar-refractivity contribution in [3.8, 4) is 16.9 Å². The van der Waals surface area contributed by atoms with Gasteiger partial charge in [0, 0.05) is 134 Å². The van der Waals surface area contributed by atoms with Crippen molar-refractivity contribution in [2.24, 2.45) is 24.2 Å². The van der Waals surface area contributed by atoms with Gasteiger partial charge in [0.1, 0.15) is 17.7 Å². The second-order valence-corrected chi connectivity index (χ2v) is 20.8. The number of aromatic nitrogens is 2. The van der Waals surface area contributed by atoms with Crippen molar-refractivity contribution in [2.75, 3.05) is 125 Å². The van der Waals surface area contributed by atoms with E-state index in [4.69, 9.17) is 28.8 Å². The maximum atomic E-state index is 12.5. The third kappa shape index (κ3) is 28.2. The molecule has 6 rings (SSSR count). The predicted molar refractivity (Wildman–Crippen MR) is 343 cm³/mol. The van der Waals surface area contributed by atoms with Gasteiger partial charge in [-0.05, 0) is 114 Å². The molecule has 4 aromatic rings. The summed E-state index contributed by atoms with van der Waals surface area (Å²) in [4.78, 5) is 87.4. The number of aryl methyl sites for hydroxylation is 2. The number of nitrogens with zero attached hydrogens (tertiary/aromatic N) is 5. The van der Waals surface area contributed by atoms with Gasteiger partial charge in [-0.15, -0.1) is 0 Å². The lowest BCUT2D eigenvalue weighted by atomic mass is 10.1. The van der Waals surface area contributed by atoms with Crippen LogP contribution in [-0.2, 0) is 52.2 Å². The largest absolute Gasteiger partial charge is 0.497 e. The van der Waals surface area contributed by atoms with Crippen LogP contribution in [0.5, 0.6) is 5.75 Å². The molecule has 2 aromatic carbocycles. The van der Waals surface area contributed by atoms with Crippen LogP contribution >= 0.6 is 11.9 Å². The molecule has 0 radical (unpaired) electrons. The maximum absolute atomic E-state index is 12.5. The molecule has 2 aliphatic rings. The molecular formula is C62H92N12O12S. The number of rotatable bonds is 36. The topological polar surface area (TPSA) is 293 Å². The highest BCUT2D eigenvalue weighted by Crippen LogP contribution is 2.29. The number of nitrogens with one attached hydrogen (secondary N) is 6. The average Bonchev–Trinajstić information content (AvgIpc) is 3.50. The van der Waals surface area contributed by atoms with Crippen LogP contribution in [0.1, 0.15) is 89.1 Å². The fourth-order valence-corrected chi connectivity index (χ4v) is 9.07. The number of amides is 4. The summed E-state index contributed by atoms with van der Waals surface area (Å²) in [5.41, 5.74) is 6.89. The zero-order valence-electron chi connectivity index (χ0n) is 51.7. The molecule has 2 aromatic heterocycles. The Morgan fingerprint density at radius 2 is 1.53 bits per heavy atom. The van der Waals surface area contributed by atoms with Crippen LogP contribution in [0.15, 0.2) is 96.7 Å². The Bertz CT molecular complexity index is 2790. The lowest BCUT2D eigenvalue weighted by Crippen LogP contribution is -2.32. The highest BCUT2D eigenvalue weighted by atomic mass is 32.2. The summed E-state index contributed by atoms with van der Waals surface area (Å²) in [6.07, 6.45) is 14.1. The highest BCUT2D eigenvalue weighted by molar-refractivity contribution is 7.97. The Morgan fingerprint density at radius 1 is 0.782 bits per heavy atom. The number of benzene rings is 2. The zero-order chi connectivity index (χ0) is 63.8. The molecule has 4 amide bonds. The molecule has 0 aliphatic carbocycles. The monoisotopic (exact) mass is 1230 g/mol. The SMILES string of the molecule is C=C(NCCCNC)OCCCNC(=O)c1cc(-c2ccc(NC)cc2)cn1C.C=C1C(SN)CC(=O)N1CCC(=O)NCCOCCOCCC=O.COCCCC(=O)Nc1cc(C=O)n(C)c1.COc1ccc(N=CC2CCCN2C)c(C=O)c1. The zero-order valence-corrected chi connectivity index (χ0v) is 52.5. The number of likely N-dealkylation sites (tertiary alicyclic amines) is 2. The van der Waals surface area contributed by atoms with Gasteiger partial charge < -0.3 is 74.4 Å². The summed E-state index contributed by atoms with van der Waals surface area (Å²) in [5, 5.41) is 23.1. The molecule has 2 aliphatic heterocycles. The minimum absolute atomic E-state index is 0.0475. The molecule has 4 heterocycles. The minimum Gasteiger partial charge on any atom is -0.497 e. The van der Waals surface area contributed by atoms with Gasteiger partial charge in [0.05, 0.1) is 62.5 Å². The van der Waals surface area contributed by atoms with Gasteiger partial charge in [-0.1, -0.05) is 30.7 Å². The summed E-state index contributed by atoms with van der Waals surface area (Å²) in [6, 6.07) is 17.4. The van der Waals surface area contributed by atoms with Crippen molar-refractivity contribution in [2.45, 2.75) is 69.1 Å². The van der Waals surface area contributed by atoms with Crippen LogP contribution in [-0.4, -0.2) is 193 Å². The third-order valence-electron chi connectivity index (χ3n) is 13.5. The van der Waals surface area contributed by atoms with Crippen molar-refractivity contribution < 1.29 is 57.2 Å². The summed E-state index contributed by atoms with van der Waals surface area (Å²) < 4.78 is 29.4. The van der Waals surface area contributed by atoms with Crippen LogP contribution in [0.4, 0.5) is 17.1 Å². The predicted octanol–water partition coefficient (Wildman–Crippen LogP) is 5.88. The quantitative estimate of drug-likeness (QED) is 0.00919. The van der Waals surface area contributed by atoms with Crippen LogP contribution in [0.2, 0.25) is 0 Å². The summed E-state index contributed by atoms with van der Waals surface area (Å²) in [7, 11) is 12.7. The molecule has 2 saturated heterocycles. The highest BCUT2D eigenvalue weighted by Gasteiger charge is 2.33. The molecule has 24 nitrogen and oxygen atoms in total. The second kappa shape index (κ2) is 43.1. The van der Waals surface area contributed by atoms with Gasteiger partial charge in [-0.2, -0.15) is 0 Å². The van der Waals surface area contributed by atoms with E-state index in [2.05, 4.69) is 62.0 Å². The van der Waals surface area contributed by atoms with Crippen molar-refractivity contribution in [3.05, 3.63) is 109 Å². The summed E-state index contributed by atoms with van der Waals surface area (Å²) in [6.45, 7) is 14.5. The lowest BCUT2D eigenvalue weighted by molar-refractivity contribution is -0.127. The Morgan fingerprint density at radius 3 is 2.16 bits per heavy atom. The number of carbonyl (C=O) groups is 7. The molecule has 0 saturated carbocycles. The molecule has 2 atom stereocenters. The van der Waals surface area contributed by atoms with E-state index in [1.165, 1.54) is 11.3 Å². The molecule has 25 heteroatoms. The Hall–Kier alpha value is -7.65. The van der Waals surface area contributed by atoms with Gasteiger partial charge in [0.15, 0.2) is 18.5 Å². The first-order valence-electron chi connectivity index (χ1n) is 29.0. The number of anilines is 2. The van der Waals surface area contributed by atoms with Crippen LogP contribution in [0.3, 0.4) is 0 Å². The number of carbonyl (C=O) groups excluding carboxylic acids is 7. The number of ether oxygens (including phenoxy) is 5. The normalized spacial score (nSPS) is 14.4. The van der Waals surface area contributed by atoms with Crippen molar-refractivity contribution in [1.82, 2.24) is 40.2 Å². The molecule has 2 fully saturated rings.